The van der Waals surface area contributed by atoms with E-state index in [-0.39, 0.29) is 22.4 Å². The average molecular weight is 443 g/mol. The van der Waals surface area contributed by atoms with Crippen LogP contribution in [0.1, 0.15) is 36.5 Å². The van der Waals surface area contributed by atoms with E-state index < -0.39 is 10.0 Å². The van der Waals surface area contributed by atoms with Crippen LogP contribution < -0.4 is 5.32 Å². The Morgan fingerprint density at radius 1 is 1.03 bits per heavy atom. The van der Waals surface area contributed by atoms with Gasteiger partial charge in [0.05, 0.1) is 4.90 Å². The molecule has 0 atom stereocenters. The lowest BCUT2D eigenvalue weighted by Gasteiger charge is -2.18. The molecular weight excluding hydrogens is 420 g/mol. The Hall–Kier alpha value is -2.83. The number of amidine groups is 1. The summed E-state index contributed by atoms with van der Waals surface area (Å²) in [7, 11) is -3.98. The highest BCUT2D eigenvalue weighted by molar-refractivity contribution is 7.90. The van der Waals surface area contributed by atoms with Crippen molar-refractivity contribution >= 4 is 33.1 Å². The molecule has 0 spiro atoms. The van der Waals surface area contributed by atoms with Crippen molar-refractivity contribution in [2.75, 3.05) is 5.32 Å². The highest BCUT2D eigenvalue weighted by Gasteiger charge is 2.18. The summed E-state index contributed by atoms with van der Waals surface area (Å²) >= 11 is 5.88. The number of phenols is 1. The van der Waals surface area contributed by atoms with E-state index >= 15 is 0 Å². The summed E-state index contributed by atoms with van der Waals surface area (Å²) in [6.07, 6.45) is 0. The highest BCUT2D eigenvalue weighted by atomic mass is 35.5. The molecule has 0 radical (unpaired) electrons. The van der Waals surface area contributed by atoms with Crippen molar-refractivity contribution in [2.45, 2.75) is 31.6 Å². The van der Waals surface area contributed by atoms with Crippen LogP contribution in [0.5, 0.6) is 5.75 Å². The molecule has 156 valence electrons. The summed E-state index contributed by atoms with van der Waals surface area (Å²) in [5.74, 6) is 0.484. The number of nitrogens with zero attached hydrogens (tertiary/aromatic N) is 1. The lowest BCUT2D eigenvalue weighted by molar-refractivity contribution is 0.470. The van der Waals surface area contributed by atoms with Crippen LogP contribution in [0.3, 0.4) is 0 Å². The first-order valence-corrected chi connectivity index (χ1v) is 11.3. The lowest BCUT2D eigenvalue weighted by Crippen LogP contribution is -2.18. The number of nitrogens with one attached hydrogen (secondary N) is 1. The maximum atomic E-state index is 12.9. The number of halogens is 1. The zero-order valence-electron chi connectivity index (χ0n) is 16.9. The smallest absolute Gasteiger partial charge is 0.284 e. The molecule has 0 amide bonds. The standard InChI is InChI=1S/C23H23ClN2O3S/c1-15(2)20-14-22(27)16(3)13-21(20)25-23(17-7-5-4-6-8-17)26-30(28,29)19-11-9-18(24)10-12-19/h4-15,27H,1-3H3,(H,25,26). The van der Waals surface area contributed by atoms with Crippen molar-refractivity contribution in [3.63, 3.8) is 0 Å². The number of anilines is 1. The zero-order chi connectivity index (χ0) is 21.9. The van der Waals surface area contributed by atoms with Gasteiger partial charge in [0.25, 0.3) is 10.0 Å². The van der Waals surface area contributed by atoms with E-state index in [0.29, 0.717) is 21.8 Å². The third-order valence-corrected chi connectivity index (χ3v) is 6.16. The van der Waals surface area contributed by atoms with Gasteiger partial charge in [-0.05, 0) is 60.4 Å². The lowest BCUT2D eigenvalue weighted by atomic mass is 9.98. The van der Waals surface area contributed by atoms with Crippen molar-refractivity contribution in [3.8, 4) is 5.75 Å². The molecule has 2 N–H and O–H groups in total. The molecule has 0 bridgehead atoms. The molecule has 0 aromatic heterocycles. The maximum Gasteiger partial charge on any atom is 0.284 e. The molecule has 3 aromatic carbocycles. The number of hydrogen-bond acceptors (Lipinski definition) is 3. The number of aromatic hydroxyl groups is 1. The number of sulfonamides is 1. The van der Waals surface area contributed by atoms with Crippen LogP contribution in [0.15, 0.2) is 76.0 Å². The summed E-state index contributed by atoms with van der Waals surface area (Å²) in [6.45, 7) is 5.78. The minimum atomic E-state index is -3.98. The molecule has 0 aliphatic heterocycles. The second-order valence-electron chi connectivity index (χ2n) is 7.24. The van der Waals surface area contributed by atoms with Gasteiger partial charge in [-0.1, -0.05) is 55.8 Å². The molecule has 3 aromatic rings. The first-order valence-electron chi connectivity index (χ1n) is 9.44. The van der Waals surface area contributed by atoms with Gasteiger partial charge in [-0.2, -0.15) is 8.42 Å². The average Bonchev–Trinajstić information content (AvgIpc) is 2.70. The molecule has 0 saturated heterocycles. The van der Waals surface area contributed by atoms with Crippen molar-refractivity contribution < 1.29 is 13.5 Å². The number of aryl methyl sites for hydroxylation is 1. The third-order valence-electron chi connectivity index (χ3n) is 4.61. The predicted molar refractivity (Wildman–Crippen MR) is 122 cm³/mol. The monoisotopic (exact) mass is 442 g/mol. The van der Waals surface area contributed by atoms with Gasteiger partial charge in [0.15, 0.2) is 5.84 Å². The van der Waals surface area contributed by atoms with Gasteiger partial charge < -0.3 is 10.4 Å². The van der Waals surface area contributed by atoms with Crippen LogP contribution in [-0.2, 0) is 10.0 Å². The van der Waals surface area contributed by atoms with Crippen molar-refractivity contribution in [2.24, 2.45) is 4.40 Å². The molecule has 0 heterocycles. The topological polar surface area (TPSA) is 78.8 Å². The molecule has 0 aliphatic rings. The Labute approximate surface area is 182 Å². The number of phenolic OH excluding ortho intramolecular Hbond substituents is 1. The highest BCUT2D eigenvalue weighted by Crippen LogP contribution is 2.31. The fourth-order valence-corrected chi connectivity index (χ4v) is 4.05. The molecule has 5 nitrogen and oxygen atoms in total. The zero-order valence-corrected chi connectivity index (χ0v) is 18.5. The van der Waals surface area contributed by atoms with Gasteiger partial charge in [-0.25, -0.2) is 0 Å². The quantitative estimate of drug-likeness (QED) is 0.300. The van der Waals surface area contributed by atoms with E-state index in [1.165, 1.54) is 24.3 Å². The Balaban J connectivity index is 2.13. The molecule has 7 heteroatoms. The number of hydrogen-bond donors (Lipinski definition) is 2. The second kappa shape index (κ2) is 8.90. The number of rotatable bonds is 5. The van der Waals surface area contributed by atoms with E-state index in [0.717, 1.165) is 5.56 Å². The third kappa shape index (κ3) is 5.01. The normalized spacial score (nSPS) is 12.2. The van der Waals surface area contributed by atoms with Gasteiger partial charge in [-0.15, -0.1) is 4.40 Å². The molecular formula is C23H23ClN2O3S. The van der Waals surface area contributed by atoms with Crippen LogP contribution >= 0.6 is 11.6 Å². The van der Waals surface area contributed by atoms with E-state index in [1.807, 2.05) is 32.0 Å². The van der Waals surface area contributed by atoms with Gasteiger partial charge in [-0.3, -0.25) is 0 Å². The van der Waals surface area contributed by atoms with Crippen molar-refractivity contribution in [1.82, 2.24) is 0 Å². The molecule has 0 saturated carbocycles. The van der Waals surface area contributed by atoms with Gasteiger partial charge >= 0.3 is 0 Å². The Bertz CT molecular complexity index is 1170. The van der Waals surface area contributed by atoms with Crippen LogP contribution in [-0.4, -0.2) is 19.4 Å². The molecule has 0 fully saturated rings. The van der Waals surface area contributed by atoms with Crippen LogP contribution in [0.2, 0.25) is 5.02 Å². The van der Waals surface area contributed by atoms with E-state index in [4.69, 9.17) is 11.6 Å². The van der Waals surface area contributed by atoms with Crippen molar-refractivity contribution in [1.29, 1.82) is 0 Å². The Morgan fingerprint density at radius 3 is 2.27 bits per heavy atom. The first-order chi connectivity index (χ1) is 14.2. The largest absolute Gasteiger partial charge is 0.508 e. The van der Waals surface area contributed by atoms with E-state index in [1.54, 1.807) is 31.2 Å². The van der Waals surface area contributed by atoms with Gasteiger partial charge in [0, 0.05) is 16.3 Å². The second-order valence-corrected chi connectivity index (χ2v) is 9.28. The van der Waals surface area contributed by atoms with E-state index in [2.05, 4.69) is 9.71 Å². The van der Waals surface area contributed by atoms with Crippen LogP contribution in [0.4, 0.5) is 5.69 Å². The van der Waals surface area contributed by atoms with Crippen molar-refractivity contribution in [3.05, 3.63) is 88.4 Å². The minimum absolute atomic E-state index is 0.0492. The van der Waals surface area contributed by atoms with Crippen LogP contribution in [0, 0.1) is 6.92 Å². The van der Waals surface area contributed by atoms with Gasteiger partial charge in [0.2, 0.25) is 0 Å². The summed E-state index contributed by atoms with van der Waals surface area (Å²) in [4.78, 5) is 0.0492. The Kier molecular flexibility index (Phi) is 6.48. The summed E-state index contributed by atoms with van der Waals surface area (Å²) in [6, 6.07) is 18.4. The SMILES string of the molecule is Cc1cc(NC(=NS(=O)(=O)c2ccc(Cl)cc2)c2ccccc2)c(C(C)C)cc1O. The fourth-order valence-electron chi connectivity index (χ4n) is 2.95. The fraction of sp³-hybridized carbons (Fsp3) is 0.174. The van der Waals surface area contributed by atoms with Crippen LogP contribution in [0.25, 0.3) is 0 Å². The molecule has 30 heavy (non-hydrogen) atoms. The molecule has 3 rings (SSSR count). The molecule has 0 aliphatic carbocycles. The summed E-state index contributed by atoms with van der Waals surface area (Å²) in [5.41, 5.74) is 2.84. The minimum Gasteiger partial charge on any atom is -0.508 e. The van der Waals surface area contributed by atoms with Gasteiger partial charge in [0.1, 0.15) is 5.75 Å². The Morgan fingerprint density at radius 2 is 1.67 bits per heavy atom. The number of benzene rings is 3. The summed E-state index contributed by atoms with van der Waals surface area (Å²) < 4.78 is 30.0. The first kappa shape index (κ1) is 21.9. The predicted octanol–water partition coefficient (Wildman–Crippen LogP) is 5.73. The molecule has 0 unspecified atom stereocenters. The maximum absolute atomic E-state index is 12.9. The summed E-state index contributed by atoms with van der Waals surface area (Å²) in [5, 5.41) is 13.7. The van der Waals surface area contributed by atoms with E-state index in [9.17, 15) is 13.5 Å².